The molecule has 1 heteroatoms. The summed E-state index contributed by atoms with van der Waals surface area (Å²) in [6, 6.07) is 80.8. The molecule has 0 heterocycles. The summed E-state index contributed by atoms with van der Waals surface area (Å²) >= 11 is 0. The molecule has 9 aromatic carbocycles. The lowest BCUT2D eigenvalue weighted by atomic mass is 9.67. The Bertz CT molecular complexity index is 3290. The average Bonchev–Trinajstić information content (AvgIpc) is 3.91. The third-order valence-corrected chi connectivity index (χ3v) is 15.9. The molecule has 0 saturated heterocycles. The molecule has 0 bridgehead atoms. The van der Waals surface area contributed by atoms with E-state index < -0.39 is 5.41 Å². The van der Waals surface area contributed by atoms with E-state index in [4.69, 9.17) is 0 Å². The van der Waals surface area contributed by atoms with Crippen LogP contribution in [0.2, 0.25) is 0 Å². The minimum atomic E-state index is -0.505. The second-order valence-corrected chi connectivity index (χ2v) is 19.5. The highest BCUT2D eigenvalue weighted by Crippen LogP contribution is 2.60. The molecule has 1 fully saturated rings. The molecule has 1 spiro atoms. The van der Waals surface area contributed by atoms with E-state index in [9.17, 15) is 0 Å². The zero-order valence-corrected chi connectivity index (χ0v) is 37.2. The van der Waals surface area contributed by atoms with Crippen LogP contribution in [0.1, 0.15) is 90.5 Å². The molecule has 0 amide bonds. The van der Waals surface area contributed by atoms with Crippen molar-refractivity contribution in [1.82, 2.24) is 0 Å². The summed E-state index contributed by atoms with van der Waals surface area (Å²) in [6.45, 7) is 4.80. The van der Waals surface area contributed by atoms with E-state index in [2.05, 4.69) is 231 Å². The second-order valence-electron chi connectivity index (χ2n) is 19.5. The third kappa shape index (κ3) is 5.39. The van der Waals surface area contributed by atoms with Crippen LogP contribution in [-0.2, 0) is 16.2 Å². The summed E-state index contributed by atoms with van der Waals surface area (Å²) in [4.78, 5) is 2.57. The van der Waals surface area contributed by atoms with Gasteiger partial charge in [0.1, 0.15) is 0 Å². The van der Waals surface area contributed by atoms with Crippen LogP contribution in [0.25, 0.3) is 44.5 Å². The fourth-order valence-corrected chi connectivity index (χ4v) is 13.2. The lowest BCUT2D eigenvalue weighted by molar-refractivity contribution is 0.353. The van der Waals surface area contributed by atoms with E-state index in [0.29, 0.717) is 0 Å². The van der Waals surface area contributed by atoms with Crippen molar-refractivity contribution in [2.75, 3.05) is 4.90 Å². The predicted octanol–water partition coefficient (Wildman–Crippen LogP) is 16.7. The molecular formula is C64H51N. The fraction of sp³-hybridized carbons (Fsp3) is 0.156. The number of rotatable bonds is 6. The first-order valence-corrected chi connectivity index (χ1v) is 23.7. The normalized spacial score (nSPS) is 16.2. The van der Waals surface area contributed by atoms with E-state index in [1.807, 2.05) is 0 Å². The van der Waals surface area contributed by atoms with Gasteiger partial charge in [-0.05, 0) is 138 Å². The Morgan fingerprint density at radius 3 is 1.49 bits per heavy atom. The minimum absolute atomic E-state index is 0.0360. The molecule has 1 saturated carbocycles. The van der Waals surface area contributed by atoms with E-state index in [-0.39, 0.29) is 10.8 Å². The highest BCUT2D eigenvalue weighted by Gasteiger charge is 2.47. The first-order valence-electron chi connectivity index (χ1n) is 23.7. The van der Waals surface area contributed by atoms with Crippen LogP contribution < -0.4 is 4.90 Å². The van der Waals surface area contributed by atoms with Gasteiger partial charge in [0.05, 0.1) is 5.41 Å². The first-order chi connectivity index (χ1) is 32.0. The maximum Gasteiger partial charge on any atom is 0.0714 e. The molecule has 0 unspecified atom stereocenters. The summed E-state index contributed by atoms with van der Waals surface area (Å²) in [5.74, 6) is 0. The van der Waals surface area contributed by atoms with Crippen molar-refractivity contribution >= 4 is 17.1 Å². The maximum atomic E-state index is 2.58. The Morgan fingerprint density at radius 2 is 0.815 bits per heavy atom. The van der Waals surface area contributed by atoms with Crippen molar-refractivity contribution in [3.8, 4) is 44.5 Å². The summed E-state index contributed by atoms with van der Waals surface area (Å²) < 4.78 is 0. The zero-order valence-electron chi connectivity index (χ0n) is 37.2. The molecular weight excluding hydrogens is 783 g/mol. The number of hydrogen-bond donors (Lipinski definition) is 0. The topological polar surface area (TPSA) is 3.24 Å². The lowest BCUT2D eigenvalue weighted by Gasteiger charge is -2.37. The van der Waals surface area contributed by atoms with Gasteiger partial charge in [-0.25, -0.2) is 0 Å². The molecule has 1 nitrogen and oxygen atoms in total. The van der Waals surface area contributed by atoms with Gasteiger partial charge in [-0.15, -0.1) is 0 Å². The second kappa shape index (κ2) is 14.4. The predicted molar refractivity (Wildman–Crippen MR) is 271 cm³/mol. The summed E-state index contributed by atoms with van der Waals surface area (Å²) in [6.07, 6.45) is 6.22. The van der Waals surface area contributed by atoms with Crippen molar-refractivity contribution in [2.24, 2.45) is 0 Å². The van der Waals surface area contributed by atoms with Crippen molar-refractivity contribution in [1.29, 1.82) is 0 Å². The highest BCUT2D eigenvalue weighted by molar-refractivity contribution is 5.93. The highest BCUT2D eigenvalue weighted by atomic mass is 15.1. The summed E-state index contributed by atoms with van der Waals surface area (Å²) in [5, 5.41) is 0. The summed E-state index contributed by atoms with van der Waals surface area (Å²) in [5.41, 5.74) is 24.6. The molecule has 0 N–H and O–H groups in total. The molecule has 9 aromatic rings. The number of anilines is 3. The fourth-order valence-electron chi connectivity index (χ4n) is 13.2. The number of benzene rings is 9. The standard InChI is InChI=1S/C64H51N/c1-62(2)56-31-13-10-28-52(56)55-30-19-29-49(61(55)62)43-20-18-25-46(40-43)65(47-34-36-53-50-26-11-14-32-57(50)63(59(53)41-47)38-16-5-17-39-63)48-35-37-54-51-27-12-15-33-58(51)64(60(54)42-48,44-21-6-3-7-22-44)45-23-8-4-9-24-45/h3-4,6-15,18-37,40-42H,5,16-17,38-39H2,1-2H3. The van der Waals surface area contributed by atoms with Gasteiger partial charge in [0, 0.05) is 27.9 Å². The van der Waals surface area contributed by atoms with Crippen LogP contribution in [0.5, 0.6) is 0 Å². The zero-order chi connectivity index (χ0) is 43.3. The maximum absolute atomic E-state index is 2.58. The Hall–Kier alpha value is -7.22. The van der Waals surface area contributed by atoms with Crippen molar-refractivity contribution in [3.63, 3.8) is 0 Å². The third-order valence-electron chi connectivity index (χ3n) is 15.9. The summed E-state index contributed by atoms with van der Waals surface area (Å²) in [7, 11) is 0. The van der Waals surface area contributed by atoms with Crippen LogP contribution in [-0.4, -0.2) is 0 Å². The quantitative estimate of drug-likeness (QED) is 0.161. The Labute approximate surface area is 383 Å². The van der Waals surface area contributed by atoms with Gasteiger partial charge in [0.2, 0.25) is 0 Å². The minimum Gasteiger partial charge on any atom is -0.310 e. The average molecular weight is 834 g/mol. The van der Waals surface area contributed by atoms with Crippen molar-refractivity contribution < 1.29 is 0 Å². The first kappa shape index (κ1) is 38.3. The molecule has 312 valence electrons. The molecule has 65 heavy (non-hydrogen) atoms. The molecule has 4 aliphatic rings. The van der Waals surface area contributed by atoms with Crippen LogP contribution in [0.15, 0.2) is 212 Å². The van der Waals surface area contributed by atoms with Crippen LogP contribution >= 0.6 is 0 Å². The Kier molecular flexibility index (Phi) is 8.47. The number of nitrogens with zero attached hydrogens (tertiary/aromatic N) is 1. The SMILES string of the molecule is CC1(C)c2ccccc2-c2cccc(-c3cccc(N(c4ccc5c(c4)C4(CCCCC4)c4ccccc4-5)c4ccc5c(c4)C(c4ccccc4)(c4ccccc4)c4ccccc4-5)c3)c21. The van der Waals surface area contributed by atoms with Crippen LogP contribution in [0.4, 0.5) is 17.1 Å². The number of fused-ring (bicyclic) bond motifs is 11. The van der Waals surface area contributed by atoms with E-state index >= 15 is 0 Å². The van der Waals surface area contributed by atoms with E-state index in [1.165, 1.54) is 127 Å². The van der Waals surface area contributed by atoms with Crippen LogP contribution in [0, 0.1) is 0 Å². The monoisotopic (exact) mass is 833 g/mol. The van der Waals surface area contributed by atoms with E-state index in [0.717, 1.165) is 11.4 Å². The number of hydrogen-bond acceptors (Lipinski definition) is 1. The van der Waals surface area contributed by atoms with Gasteiger partial charge in [0.15, 0.2) is 0 Å². The van der Waals surface area contributed by atoms with Crippen LogP contribution in [0.3, 0.4) is 0 Å². The van der Waals surface area contributed by atoms with Crippen molar-refractivity contribution in [2.45, 2.75) is 62.2 Å². The van der Waals surface area contributed by atoms with Gasteiger partial charge in [-0.3, -0.25) is 0 Å². The Balaban J connectivity index is 1.06. The van der Waals surface area contributed by atoms with Crippen molar-refractivity contribution in [3.05, 3.63) is 257 Å². The molecule has 4 aliphatic carbocycles. The van der Waals surface area contributed by atoms with Gasteiger partial charge in [-0.1, -0.05) is 209 Å². The molecule has 13 rings (SSSR count). The molecule has 0 atom stereocenters. The van der Waals surface area contributed by atoms with Gasteiger partial charge >= 0.3 is 0 Å². The molecule has 0 aromatic heterocycles. The van der Waals surface area contributed by atoms with Gasteiger partial charge in [0.25, 0.3) is 0 Å². The smallest absolute Gasteiger partial charge is 0.0714 e. The Morgan fingerprint density at radius 1 is 0.338 bits per heavy atom. The molecule has 0 radical (unpaired) electrons. The molecule has 0 aliphatic heterocycles. The van der Waals surface area contributed by atoms with Gasteiger partial charge in [-0.2, -0.15) is 0 Å². The lowest BCUT2D eigenvalue weighted by Crippen LogP contribution is -2.29. The van der Waals surface area contributed by atoms with Gasteiger partial charge < -0.3 is 4.90 Å². The largest absolute Gasteiger partial charge is 0.310 e. The van der Waals surface area contributed by atoms with E-state index in [1.54, 1.807) is 0 Å².